The highest BCUT2D eigenvalue weighted by Crippen LogP contribution is 2.21. The average molecular weight is 266 g/mol. The van der Waals surface area contributed by atoms with Gasteiger partial charge in [-0.1, -0.05) is 0 Å². The standard InChI is InChI=1S/C10H18O8/c11-4-5-7(14)8(15)9(16)10(18-5)17-3-1-2-6(12)13/h5,7-11,14-16H,1-4H2,(H,12,13). The molecule has 5 atom stereocenters. The van der Waals surface area contributed by atoms with Crippen LogP contribution in [0.4, 0.5) is 0 Å². The molecule has 0 spiro atoms. The van der Waals surface area contributed by atoms with Gasteiger partial charge in [0.2, 0.25) is 0 Å². The predicted molar refractivity (Wildman–Crippen MR) is 56.6 cm³/mol. The summed E-state index contributed by atoms with van der Waals surface area (Å²) < 4.78 is 10.1. The molecule has 1 heterocycles. The molecule has 0 aromatic rings. The molecule has 1 aliphatic heterocycles. The number of ether oxygens (including phenoxy) is 2. The van der Waals surface area contributed by atoms with E-state index in [-0.39, 0.29) is 19.4 Å². The molecule has 1 fully saturated rings. The number of carboxylic acid groups (broad SMARTS) is 1. The molecule has 0 aliphatic carbocycles. The molecule has 0 bridgehead atoms. The Bertz CT molecular complexity index is 269. The van der Waals surface area contributed by atoms with E-state index in [4.69, 9.17) is 19.7 Å². The van der Waals surface area contributed by atoms with E-state index in [0.717, 1.165) is 0 Å². The molecule has 18 heavy (non-hydrogen) atoms. The molecule has 8 nitrogen and oxygen atoms in total. The van der Waals surface area contributed by atoms with E-state index in [1.807, 2.05) is 0 Å². The maximum atomic E-state index is 10.3. The Balaban J connectivity index is 2.41. The summed E-state index contributed by atoms with van der Waals surface area (Å²) in [5.74, 6) is -0.965. The van der Waals surface area contributed by atoms with E-state index in [9.17, 15) is 20.1 Å². The highest BCUT2D eigenvalue weighted by atomic mass is 16.7. The lowest BCUT2D eigenvalue weighted by molar-refractivity contribution is -0.301. The lowest BCUT2D eigenvalue weighted by Crippen LogP contribution is -2.59. The fraction of sp³-hybridized carbons (Fsp3) is 0.900. The van der Waals surface area contributed by atoms with Crippen molar-refractivity contribution >= 4 is 5.97 Å². The zero-order valence-corrected chi connectivity index (χ0v) is 9.68. The molecule has 0 amide bonds. The van der Waals surface area contributed by atoms with E-state index < -0.39 is 43.3 Å². The summed E-state index contributed by atoms with van der Waals surface area (Å²) in [5.41, 5.74) is 0. The lowest BCUT2D eigenvalue weighted by atomic mass is 9.99. The Kier molecular flexibility index (Phi) is 5.93. The Morgan fingerprint density at radius 3 is 2.39 bits per heavy atom. The zero-order chi connectivity index (χ0) is 13.7. The van der Waals surface area contributed by atoms with Crippen molar-refractivity contribution in [1.82, 2.24) is 0 Å². The molecule has 1 aliphatic rings. The number of aliphatic hydroxyl groups excluding tert-OH is 4. The van der Waals surface area contributed by atoms with Crippen molar-refractivity contribution in [3.8, 4) is 0 Å². The van der Waals surface area contributed by atoms with Gasteiger partial charge in [0, 0.05) is 6.42 Å². The normalized spacial score (nSPS) is 36.6. The Morgan fingerprint density at radius 1 is 1.17 bits per heavy atom. The topological polar surface area (TPSA) is 137 Å². The third-order valence-electron chi connectivity index (χ3n) is 2.67. The molecular formula is C10H18O8. The molecule has 0 radical (unpaired) electrons. The molecule has 8 heteroatoms. The van der Waals surface area contributed by atoms with Crippen molar-refractivity contribution < 1.29 is 39.8 Å². The van der Waals surface area contributed by atoms with Crippen molar-refractivity contribution in [2.45, 2.75) is 43.5 Å². The molecular weight excluding hydrogens is 248 g/mol. The van der Waals surface area contributed by atoms with E-state index in [1.54, 1.807) is 0 Å². The lowest BCUT2D eigenvalue weighted by Gasteiger charge is -2.39. The van der Waals surface area contributed by atoms with Gasteiger partial charge in [0.1, 0.15) is 24.4 Å². The second-order valence-corrected chi connectivity index (χ2v) is 4.07. The first-order valence-corrected chi connectivity index (χ1v) is 5.61. The highest BCUT2D eigenvalue weighted by Gasteiger charge is 2.43. The summed E-state index contributed by atoms with van der Waals surface area (Å²) in [5, 5.41) is 45.8. The van der Waals surface area contributed by atoms with Gasteiger partial charge in [-0.25, -0.2) is 0 Å². The van der Waals surface area contributed by atoms with Crippen LogP contribution in [0.1, 0.15) is 12.8 Å². The van der Waals surface area contributed by atoms with Crippen LogP contribution in [-0.2, 0) is 14.3 Å². The summed E-state index contributed by atoms with van der Waals surface area (Å²) in [6.07, 6.45) is -6.44. The van der Waals surface area contributed by atoms with Gasteiger partial charge in [-0.3, -0.25) is 4.79 Å². The largest absolute Gasteiger partial charge is 0.481 e. The molecule has 106 valence electrons. The molecule has 5 N–H and O–H groups in total. The van der Waals surface area contributed by atoms with Crippen LogP contribution in [-0.4, -0.2) is 75.4 Å². The predicted octanol–water partition coefficient (Wildman–Crippen LogP) is -2.33. The van der Waals surface area contributed by atoms with E-state index >= 15 is 0 Å². The van der Waals surface area contributed by atoms with Crippen LogP contribution >= 0.6 is 0 Å². The maximum absolute atomic E-state index is 10.3. The summed E-state index contributed by atoms with van der Waals surface area (Å²) >= 11 is 0. The van der Waals surface area contributed by atoms with Crippen LogP contribution in [0.25, 0.3) is 0 Å². The minimum absolute atomic E-state index is 0.0228. The Morgan fingerprint density at radius 2 is 1.83 bits per heavy atom. The van der Waals surface area contributed by atoms with Crippen molar-refractivity contribution in [1.29, 1.82) is 0 Å². The third-order valence-corrected chi connectivity index (χ3v) is 2.67. The first-order valence-electron chi connectivity index (χ1n) is 5.61. The first kappa shape index (κ1) is 15.3. The SMILES string of the molecule is O=C(O)CCCOC1OC(CO)C(O)C(O)C1O. The molecule has 5 unspecified atom stereocenters. The van der Waals surface area contributed by atoms with Crippen LogP contribution in [0.3, 0.4) is 0 Å². The van der Waals surface area contributed by atoms with Gasteiger partial charge in [0.05, 0.1) is 13.2 Å². The molecule has 1 rings (SSSR count). The number of hydrogen-bond donors (Lipinski definition) is 5. The van der Waals surface area contributed by atoms with Crippen molar-refractivity contribution in [3.63, 3.8) is 0 Å². The van der Waals surface area contributed by atoms with Gasteiger partial charge in [-0.05, 0) is 6.42 Å². The van der Waals surface area contributed by atoms with Gasteiger partial charge in [-0.2, -0.15) is 0 Å². The molecule has 0 aromatic carbocycles. The summed E-state index contributed by atoms with van der Waals surface area (Å²) in [6.45, 7) is -0.505. The van der Waals surface area contributed by atoms with Crippen LogP contribution in [0.15, 0.2) is 0 Å². The van der Waals surface area contributed by atoms with E-state index in [0.29, 0.717) is 0 Å². The fourth-order valence-corrected chi connectivity index (χ4v) is 1.63. The van der Waals surface area contributed by atoms with Gasteiger partial charge in [0.15, 0.2) is 6.29 Å². The van der Waals surface area contributed by atoms with E-state index in [2.05, 4.69) is 0 Å². The van der Waals surface area contributed by atoms with Gasteiger partial charge >= 0.3 is 5.97 Å². The maximum Gasteiger partial charge on any atom is 0.303 e. The number of carboxylic acids is 1. The number of rotatable bonds is 6. The number of aliphatic hydroxyl groups is 4. The molecule has 1 saturated heterocycles. The van der Waals surface area contributed by atoms with Gasteiger partial charge < -0.3 is 35.0 Å². The fourth-order valence-electron chi connectivity index (χ4n) is 1.63. The van der Waals surface area contributed by atoms with Crippen molar-refractivity contribution in [2.24, 2.45) is 0 Å². The third kappa shape index (κ3) is 3.87. The van der Waals surface area contributed by atoms with Crippen molar-refractivity contribution in [2.75, 3.05) is 13.2 Å². The van der Waals surface area contributed by atoms with Gasteiger partial charge in [0.25, 0.3) is 0 Å². The van der Waals surface area contributed by atoms with Crippen LogP contribution < -0.4 is 0 Å². The monoisotopic (exact) mass is 266 g/mol. The molecule has 0 aromatic heterocycles. The van der Waals surface area contributed by atoms with Gasteiger partial charge in [-0.15, -0.1) is 0 Å². The highest BCUT2D eigenvalue weighted by molar-refractivity contribution is 5.66. The van der Waals surface area contributed by atoms with Crippen LogP contribution in [0.5, 0.6) is 0 Å². The average Bonchev–Trinajstić information content (AvgIpc) is 2.34. The minimum atomic E-state index is -1.49. The second kappa shape index (κ2) is 6.98. The minimum Gasteiger partial charge on any atom is -0.481 e. The smallest absolute Gasteiger partial charge is 0.303 e. The zero-order valence-electron chi connectivity index (χ0n) is 9.68. The first-order chi connectivity index (χ1) is 8.47. The van der Waals surface area contributed by atoms with E-state index in [1.165, 1.54) is 0 Å². The summed E-state index contributed by atoms with van der Waals surface area (Å²) in [4.78, 5) is 10.3. The Hall–Kier alpha value is -0.770. The van der Waals surface area contributed by atoms with Crippen LogP contribution in [0.2, 0.25) is 0 Å². The summed E-state index contributed by atoms with van der Waals surface area (Å²) in [6, 6.07) is 0. The molecule has 0 saturated carbocycles. The number of carbonyl (C=O) groups is 1. The second-order valence-electron chi connectivity index (χ2n) is 4.07. The van der Waals surface area contributed by atoms with Crippen molar-refractivity contribution in [3.05, 3.63) is 0 Å². The number of hydrogen-bond acceptors (Lipinski definition) is 7. The summed E-state index contributed by atoms with van der Waals surface area (Å²) in [7, 11) is 0. The Labute approximate surface area is 103 Å². The number of aliphatic carboxylic acids is 1. The quantitative estimate of drug-likeness (QED) is 0.337. The van der Waals surface area contributed by atoms with Crippen LogP contribution in [0, 0.1) is 0 Å².